The van der Waals surface area contributed by atoms with Gasteiger partial charge in [0.25, 0.3) is 0 Å². The first-order valence-corrected chi connectivity index (χ1v) is 12.8. The van der Waals surface area contributed by atoms with Crippen molar-refractivity contribution < 1.29 is 9.84 Å². The number of allylic oxidation sites excluding steroid dienone is 5. The first kappa shape index (κ1) is 27.2. The lowest BCUT2D eigenvalue weighted by Crippen LogP contribution is -2.12. The first-order valence-electron chi connectivity index (χ1n) is 12.8. The van der Waals surface area contributed by atoms with Crippen molar-refractivity contribution in [2.75, 3.05) is 4.90 Å². The van der Waals surface area contributed by atoms with Crippen molar-refractivity contribution in [3.05, 3.63) is 169 Å². The van der Waals surface area contributed by atoms with E-state index >= 15 is 0 Å². The van der Waals surface area contributed by atoms with Crippen LogP contribution >= 0.6 is 0 Å². The molecule has 194 valence electrons. The van der Waals surface area contributed by atoms with Gasteiger partial charge in [0.15, 0.2) is 0 Å². The molecule has 0 aliphatic carbocycles. The lowest BCUT2D eigenvalue weighted by atomic mass is 9.95. The smallest absolute Gasteiger partial charge is 0.216 e. The monoisotopic (exact) mass is 511 g/mol. The number of benzene rings is 4. The minimum atomic E-state index is -1.05. The van der Waals surface area contributed by atoms with Gasteiger partial charge in [-0.2, -0.15) is 0 Å². The molecule has 0 radical (unpaired) electrons. The maximum atomic E-state index is 9.74. The highest BCUT2D eigenvalue weighted by atomic mass is 16.6. The fourth-order valence-corrected chi connectivity index (χ4v) is 4.23. The lowest BCUT2D eigenvalue weighted by Gasteiger charge is -2.26. The molecule has 0 saturated heterocycles. The van der Waals surface area contributed by atoms with Crippen LogP contribution in [0, 0.1) is 6.92 Å². The van der Waals surface area contributed by atoms with Gasteiger partial charge in [-0.25, -0.2) is 0 Å². The third kappa shape index (κ3) is 6.92. The third-order valence-corrected chi connectivity index (χ3v) is 6.22. The van der Waals surface area contributed by atoms with E-state index in [1.807, 2.05) is 54.6 Å². The molecule has 0 saturated carbocycles. The van der Waals surface area contributed by atoms with E-state index in [0.29, 0.717) is 5.75 Å². The number of anilines is 3. The van der Waals surface area contributed by atoms with Crippen LogP contribution in [0.25, 0.3) is 11.6 Å². The highest BCUT2D eigenvalue weighted by Crippen LogP contribution is 2.36. The molecule has 4 aromatic rings. The second-order valence-corrected chi connectivity index (χ2v) is 8.99. The van der Waals surface area contributed by atoms with Gasteiger partial charge >= 0.3 is 0 Å². The lowest BCUT2D eigenvalue weighted by molar-refractivity contribution is 0.0251. The number of hydrogen-bond donors (Lipinski definition) is 1. The molecule has 1 N–H and O–H groups in total. The SMILES string of the molecule is C=C/C=C(\C=C)C(=Cc1ccc(N(c2ccc(C)cc2)c2ccc(OC(O)C=C)cc2)cc1)c1ccccc1. The topological polar surface area (TPSA) is 32.7 Å². The normalized spacial score (nSPS) is 12.4. The van der Waals surface area contributed by atoms with E-state index in [0.717, 1.165) is 39.3 Å². The van der Waals surface area contributed by atoms with Crippen molar-refractivity contribution in [2.24, 2.45) is 0 Å². The van der Waals surface area contributed by atoms with Crippen LogP contribution in [-0.2, 0) is 0 Å². The number of hydrogen-bond acceptors (Lipinski definition) is 3. The van der Waals surface area contributed by atoms with Gasteiger partial charge < -0.3 is 14.7 Å². The quantitative estimate of drug-likeness (QED) is 0.0943. The molecule has 4 aromatic carbocycles. The summed E-state index contributed by atoms with van der Waals surface area (Å²) in [6.45, 7) is 13.5. The van der Waals surface area contributed by atoms with Gasteiger partial charge in [0.05, 0.1) is 0 Å². The first-order chi connectivity index (χ1) is 19.0. The minimum Gasteiger partial charge on any atom is -0.461 e. The van der Waals surface area contributed by atoms with Gasteiger partial charge in [-0.1, -0.05) is 98.1 Å². The highest BCUT2D eigenvalue weighted by Gasteiger charge is 2.13. The zero-order chi connectivity index (χ0) is 27.6. The molecule has 1 atom stereocenters. The maximum absolute atomic E-state index is 9.74. The largest absolute Gasteiger partial charge is 0.461 e. The Bertz CT molecular complexity index is 1460. The predicted molar refractivity (Wildman–Crippen MR) is 165 cm³/mol. The number of rotatable bonds is 11. The van der Waals surface area contributed by atoms with Gasteiger partial charge in [0.1, 0.15) is 5.75 Å². The summed E-state index contributed by atoms with van der Waals surface area (Å²) in [5.74, 6) is 0.564. The second kappa shape index (κ2) is 13.1. The summed E-state index contributed by atoms with van der Waals surface area (Å²) in [7, 11) is 0. The van der Waals surface area contributed by atoms with Crippen molar-refractivity contribution in [3.63, 3.8) is 0 Å². The summed E-state index contributed by atoms with van der Waals surface area (Å²) in [6, 6.07) is 34.8. The van der Waals surface area contributed by atoms with Crippen molar-refractivity contribution >= 4 is 28.7 Å². The third-order valence-electron chi connectivity index (χ3n) is 6.22. The number of aliphatic hydroxyl groups excluding tert-OH is 1. The van der Waals surface area contributed by atoms with E-state index in [1.165, 1.54) is 11.6 Å². The van der Waals surface area contributed by atoms with Gasteiger partial charge in [-0.15, -0.1) is 0 Å². The number of ether oxygens (including phenoxy) is 1. The summed E-state index contributed by atoms with van der Waals surface area (Å²) < 4.78 is 5.46. The number of aryl methyl sites for hydroxylation is 1. The standard InChI is InChI=1S/C36H33NO2/c1-5-11-29(6-2)35(30-12-9-8-10-13-30)26-28-16-20-32(21-17-28)37(31-18-14-27(4)15-19-31)33-22-24-34(25-23-33)39-36(38)7-3/h5-26,36,38H,1-3H2,4H3/b29-11+,35-26?. The van der Waals surface area contributed by atoms with Crippen LogP contribution in [-0.4, -0.2) is 11.4 Å². The Morgan fingerprint density at radius 2 is 1.33 bits per heavy atom. The Morgan fingerprint density at radius 3 is 1.87 bits per heavy atom. The predicted octanol–water partition coefficient (Wildman–Crippen LogP) is 9.19. The Morgan fingerprint density at radius 1 is 0.769 bits per heavy atom. The van der Waals surface area contributed by atoms with Gasteiger partial charge in [-0.05, 0) is 89.9 Å². The zero-order valence-electron chi connectivity index (χ0n) is 22.2. The second-order valence-electron chi connectivity index (χ2n) is 8.99. The Labute approximate surface area is 231 Å². The molecule has 0 aliphatic heterocycles. The minimum absolute atomic E-state index is 0.564. The molecule has 0 heterocycles. The van der Waals surface area contributed by atoms with Crippen LogP contribution < -0.4 is 9.64 Å². The van der Waals surface area contributed by atoms with E-state index in [2.05, 4.69) is 98.3 Å². The zero-order valence-corrected chi connectivity index (χ0v) is 22.2. The van der Waals surface area contributed by atoms with Crippen molar-refractivity contribution in [1.29, 1.82) is 0 Å². The molecule has 4 rings (SSSR count). The van der Waals surface area contributed by atoms with Crippen LogP contribution in [0.5, 0.6) is 5.75 Å². The molecule has 0 fully saturated rings. The summed E-state index contributed by atoms with van der Waals surface area (Å²) in [6.07, 6.45) is 8.08. The van der Waals surface area contributed by atoms with E-state index in [1.54, 1.807) is 6.08 Å². The average Bonchev–Trinajstić information content (AvgIpc) is 2.98. The number of aliphatic hydroxyl groups is 1. The molecule has 0 spiro atoms. The van der Waals surface area contributed by atoms with Crippen LogP contribution in [0.4, 0.5) is 17.1 Å². The summed E-state index contributed by atoms with van der Waals surface area (Å²) in [5.41, 5.74) is 8.48. The van der Waals surface area contributed by atoms with Crippen LogP contribution in [0.2, 0.25) is 0 Å². The fraction of sp³-hybridized carbons (Fsp3) is 0.0556. The Kier molecular flexibility index (Phi) is 9.12. The van der Waals surface area contributed by atoms with E-state index < -0.39 is 6.29 Å². The molecule has 0 aliphatic rings. The van der Waals surface area contributed by atoms with Crippen molar-refractivity contribution in [1.82, 2.24) is 0 Å². The summed E-state index contributed by atoms with van der Waals surface area (Å²) >= 11 is 0. The highest BCUT2D eigenvalue weighted by molar-refractivity contribution is 5.93. The number of nitrogens with zero attached hydrogens (tertiary/aromatic N) is 1. The summed E-state index contributed by atoms with van der Waals surface area (Å²) in [4.78, 5) is 2.19. The van der Waals surface area contributed by atoms with Crippen molar-refractivity contribution in [3.8, 4) is 5.75 Å². The maximum Gasteiger partial charge on any atom is 0.216 e. The van der Waals surface area contributed by atoms with Gasteiger partial charge in [0.2, 0.25) is 6.29 Å². The molecule has 0 bridgehead atoms. The molecule has 3 heteroatoms. The molecular weight excluding hydrogens is 478 g/mol. The van der Waals surface area contributed by atoms with E-state index in [4.69, 9.17) is 4.74 Å². The Hall–Kier alpha value is -4.86. The van der Waals surface area contributed by atoms with Gasteiger partial charge in [0, 0.05) is 17.1 Å². The molecule has 39 heavy (non-hydrogen) atoms. The average molecular weight is 512 g/mol. The molecule has 0 aromatic heterocycles. The van der Waals surface area contributed by atoms with Crippen LogP contribution in [0.1, 0.15) is 16.7 Å². The molecule has 1 unspecified atom stereocenters. The summed E-state index contributed by atoms with van der Waals surface area (Å²) in [5, 5.41) is 9.74. The molecule has 0 amide bonds. The molecular formula is C36H33NO2. The van der Waals surface area contributed by atoms with Crippen molar-refractivity contribution in [2.45, 2.75) is 13.2 Å². The van der Waals surface area contributed by atoms with E-state index in [-0.39, 0.29) is 0 Å². The van der Waals surface area contributed by atoms with Crippen LogP contribution in [0.15, 0.2) is 153 Å². The Balaban J connectivity index is 1.73. The fourth-order valence-electron chi connectivity index (χ4n) is 4.23. The van der Waals surface area contributed by atoms with Crippen LogP contribution in [0.3, 0.4) is 0 Å². The van der Waals surface area contributed by atoms with Gasteiger partial charge in [-0.3, -0.25) is 0 Å². The molecule has 3 nitrogen and oxygen atoms in total. The van der Waals surface area contributed by atoms with E-state index in [9.17, 15) is 5.11 Å².